The Hall–Kier alpha value is -6.20. The molecule has 0 unspecified atom stereocenters. The first-order chi connectivity index (χ1) is 25.8. The second-order valence-electron chi connectivity index (χ2n) is 13.3. The van der Waals surface area contributed by atoms with E-state index in [1.807, 2.05) is 22.7 Å². The van der Waals surface area contributed by atoms with Gasteiger partial charge in [0.15, 0.2) is 5.82 Å². The molecule has 11 aromatic rings. The second-order valence-corrected chi connectivity index (χ2v) is 15.4. The first-order valence-corrected chi connectivity index (χ1v) is 19.1. The van der Waals surface area contributed by atoms with Crippen LogP contribution in [0.4, 0.5) is 0 Å². The number of hydrogen-bond acceptors (Lipinski definition) is 4. The van der Waals surface area contributed by atoms with E-state index in [2.05, 4.69) is 170 Å². The van der Waals surface area contributed by atoms with E-state index in [1.165, 1.54) is 67.5 Å². The number of fused-ring (bicyclic) bond motifs is 9. The predicted octanol–water partition coefficient (Wildman–Crippen LogP) is 14.2. The lowest BCUT2D eigenvalue weighted by Gasteiger charge is -2.16. The van der Waals surface area contributed by atoms with Crippen LogP contribution in [-0.4, -0.2) is 9.97 Å². The first-order valence-electron chi connectivity index (χ1n) is 17.5. The summed E-state index contributed by atoms with van der Waals surface area (Å²) in [6, 6.07) is 61.2. The largest absolute Gasteiger partial charge is 0.228 e. The van der Waals surface area contributed by atoms with Crippen molar-refractivity contribution < 1.29 is 0 Å². The molecule has 8 aromatic carbocycles. The Morgan fingerprint density at radius 1 is 0.308 bits per heavy atom. The molecule has 0 bridgehead atoms. The van der Waals surface area contributed by atoms with Gasteiger partial charge >= 0.3 is 0 Å². The molecular weight excluding hydrogens is 669 g/mol. The maximum absolute atomic E-state index is 5.47. The van der Waals surface area contributed by atoms with Crippen molar-refractivity contribution in [1.29, 1.82) is 0 Å². The van der Waals surface area contributed by atoms with E-state index in [4.69, 9.17) is 9.97 Å². The van der Waals surface area contributed by atoms with E-state index in [0.29, 0.717) is 0 Å². The number of benzene rings is 8. The summed E-state index contributed by atoms with van der Waals surface area (Å²) in [7, 11) is 0. The first kappa shape index (κ1) is 29.5. The minimum absolute atomic E-state index is 0.719. The fraction of sp³-hybridized carbons (Fsp3) is 0. The summed E-state index contributed by atoms with van der Waals surface area (Å²) in [5.74, 6) is 0.719. The molecule has 0 N–H and O–H groups in total. The highest BCUT2D eigenvalue weighted by atomic mass is 32.1. The molecule has 0 amide bonds. The van der Waals surface area contributed by atoms with Gasteiger partial charge in [0.05, 0.1) is 11.4 Å². The van der Waals surface area contributed by atoms with Gasteiger partial charge in [0.25, 0.3) is 0 Å². The van der Waals surface area contributed by atoms with Crippen molar-refractivity contribution in [2.24, 2.45) is 0 Å². The summed E-state index contributed by atoms with van der Waals surface area (Å²) in [5.41, 5.74) is 7.41. The molecule has 0 radical (unpaired) electrons. The van der Waals surface area contributed by atoms with Crippen LogP contribution in [0.5, 0.6) is 0 Å². The molecule has 3 heterocycles. The van der Waals surface area contributed by atoms with Crippen LogP contribution < -0.4 is 0 Å². The van der Waals surface area contributed by atoms with E-state index in [9.17, 15) is 0 Å². The van der Waals surface area contributed by atoms with Crippen LogP contribution in [0, 0.1) is 0 Å². The van der Waals surface area contributed by atoms with Gasteiger partial charge in [-0.05, 0) is 56.9 Å². The average molecular weight is 697 g/mol. The number of hydrogen-bond donors (Lipinski definition) is 0. The van der Waals surface area contributed by atoms with Crippen molar-refractivity contribution in [3.05, 3.63) is 170 Å². The van der Waals surface area contributed by atoms with Gasteiger partial charge in [-0.2, -0.15) is 0 Å². The Bertz CT molecular complexity index is 3070. The van der Waals surface area contributed by atoms with Gasteiger partial charge in [-0.25, -0.2) is 9.97 Å². The van der Waals surface area contributed by atoms with E-state index >= 15 is 0 Å². The quantitative estimate of drug-likeness (QED) is 0.171. The topological polar surface area (TPSA) is 25.8 Å². The summed E-state index contributed by atoms with van der Waals surface area (Å²) >= 11 is 3.67. The Morgan fingerprint density at radius 2 is 0.769 bits per heavy atom. The Balaban J connectivity index is 1.21. The van der Waals surface area contributed by atoms with Crippen molar-refractivity contribution in [1.82, 2.24) is 9.97 Å². The van der Waals surface area contributed by atoms with Crippen molar-refractivity contribution in [3.63, 3.8) is 0 Å². The molecule has 0 saturated carbocycles. The van der Waals surface area contributed by atoms with Gasteiger partial charge in [-0.15, -0.1) is 22.7 Å². The monoisotopic (exact) mass is 696 g/mol. The molecule has 0 aliphatic rings. The molecule has 0 saturated heterocycles. The van der Waals surface area contributed by atoms with Crippen molar-refractivity contribution in [2.75, 3.05) is 0 Å². The van der Waals surface area contributed by atoms with E-state index in [-0.39, 0.29) is 0 Å². The standard InChI is InChI=1S/C48H28N2S2/c1-2-14-30-29(13-1)27-41(32-16-4-3-15-31(30)32)33-17-5-6-20-38(33)48-49-42(39-23-11-21-36-34-18-7-9-25-44(34)51-46(36)39)28-43(50-48)40-24-12-22-37-35-19-8-10-26-45(35)52-47(37)40/h1-28H. The number of thiophene rings is 2. The van der Waals surface area contributed by atoms with Gasteiger partial charge in [-0.1, -0.05) is 146 Å². The smallest absolute Gasteiger partial charge is 0.161 e. The third-order valence-corrected chi connectivity index (χ3v) is 12.8. The Labute approximate surface area is 307 Å². The maximum Gasteiger partial charge on any atom is 0.161 e. The summed E-state index contributed by atoms with van der Waals surface area (Å²) in [6.07, 6.45) is 0. The minimum Gasteiger partial charge on any atom is -0.228 e. The van der Waals surface area contributed by atoms with E-state index in [0.717, 1.165) is 39.5 Å². The summed E-state index contributed by atoms with van der Waals surface area (Å²) in [6.45, 7) is 0. The number of rotatable bonds is 4. The lowest BCUT2D eigenvalue weighted by Crippen LogP contribution is -1.98. The van der Waals surface area contributed by atoms with Crippen molar-refractivity contribution >= 4 is 84.6 Å². The van der Waals surface area contributed by atoms with Gasteiger partial charge in [0.2, 0.25) is 0 Å². The predicted molar refractivity (Wildman–Crippen MR) is 225 cm³/mol. The second kappa shape index (κ2) is 11.7. The maximum atomic E-state index is 5.47. The SMILES string of the molecule is c1ccc(-c2cc3ccccc3c3ccccc23)c(-c2nc(-c3cccc4c3sc3ccccc34)cc(-c3cccc4c3sc3ccccc34)n2)c1. The van der Waals surface area contributed by atoms with Crippen LogP contribution in [0.3, 0.4) is 0 Å². The zero-order valence-corrected chi connectivity index (χ0v) is 29.5. The van der Waals surface area contributed by atoms with Crippen LogP contribution in [-0.2, 0) is 0 Å². The van der Waals surface area contributed by atoms with E-state index in [1.54, 1.807) is 0 Å². The zero-order valence-electron chi connectivity index (χ0n) is 27.9. The Morgan fingerprint density at radius 3 is 1.40 bits per heavy atom. The zero-order chi connectivity index (χ0) is 34.2. The van der Waals surface area contributed by atoms with Crippen LogP contribution in [0.15, 0.2) is 170 Å². The van der Waals surface area contributed by atoms with Crippen LogP contribution in [0.1, 0.15) is 0 Å². The normalized spacial score (nSPS) is 11.8. The molecule has 0 atom stereocenters. The highest BCUT2D eigenvalue weighted by molar-refractivity contribution is 7.26. The lowest BCUT2D eigenvalue weighted by molar-refractivity contribution is 1.19. The molecular formula is C48H28N2S2. The van der Waals surface area contributed by atoms with Crippen LogP contribution >= 0.6 is 22.7 Å². The molecule has 3 aromatic heterocycles. The molecule has 4 heteroatoms. The summed E-state index contributed by atoms with van der Waals surface area (Å²) < 4.78 is 5.05. The molecule has 0 aliphatic carbocycles. The van der Waals surface area contributed by atoms with Gasteiger partial charge in [-0.3, -0.25) is 0 Å². The molecule has 52 heavy (non-hydrogen) atoms. The minimum atomic E-state index is 0.719. The highest BCUT2D eigenvalue weighted by Crippen LogP contribution is 2.44. The number of nitrogens with zero attached hydrogens (tertiary/aromatic N) is 2. The van der Waals surface area contributed by atoms with Gasteiger partial charge in [0, 0.05) is 57.0 Å². The van der Waals surface area contributed by atoms with Gasteiger partial charge in [0.1, 0.15) is 0 Å². The molecule has 11 rings (SSSR count). The average Bonchev–Trinajstić information content (AvgIpc) is 3.79. The highest BCUT2D eigenvalue weighted by Gasteiger charge is 2.20. The summed E-state index contributed by atoms with van der Waals surface area (Å²) in [4.78, 5) is 10.9. The van der Waals surface area contributed by atoms with Crippen molar-refractivity contribution in [3.8, 4) is 45.0 Å². The lowest BCUT2D eigenvalue weighted by atomic mass is 9.90. The molecule has 242 valence electrons. The molecule has 0 spiro atoms. The fourth-order valence-electron chi connectivity index (χ4n) is 7.93. The molecule has 0 fully saturated rings. The third kappa shape index (κ3) is 4.55. The van der Waals surface area contributed by atoms with Crippen LogP contribution in [0.2, 0.25) is 0 Å². The van der Waals surface area contributed by atoms with Crippen molar-refractivity contribution in [2.45, 2.75) is 0 Å². The van der Waals surface area contributed by atoms with Crippen LogP contribution in [0.25, 0.3) is 107 Å². The third-order valence-electron chi connectivity index (χ3n) is 10.3. The summed E-state index contributed by atoms with van der Waals surface area (Å²) in [5, 5.41) is 10.0. The van der Waals surface area contributed by atoms with E-state index < -0.39 is 0 Å². The number of aromatic nitrogens is 2. The fourth-order valence-corrected chi connectivity index (χ4v) is 10.4. The Kier molecular flexibility index (Phi) is 6.63. The molecule has 2 nitrogen and oxygen atoms in total. The van der Waals surface area contributed by atoms with Gasteiger partial charge < -0.3 is 0 Å². The molecule has 0 aliphatic heterocycles.